The molecule has 2 rings (SSSR count). The highest BCUT2D eigenvalue weighted by atomic mass is 19.1. The Bertz CT molecular complexity index is 453. The third kappa shape index (κ3) is 3.53. The van der Waals surface area contributed by atoms with Gasteiger partial charge in [0.1, 0.15) is 5.82 Å². The third-order valence-electron chi connectivity index (χ3n) is 3.59. The van der Waals surface area contributed by atoms with Gasteiger partial charge in [0.25, 0.3) is 0 Å². The van der Waals surface area contributed by atoms with Crippen LogP contribution in [0.1, 0.15) is 38.7 Å². The molecule has 0 saturated carbocycles. The van der Waals surface area contributed by atoms with Gasteiger partial charge in [-0.15, -0.1) is 0 Å². The molecule has 1 heterocycles. The van der Waals surface area contributed by atoms with E-state index in [1.54, 1.807) is 18.2 Å². The van der Waals surface area contributed by atoms with Gasteiger partial charge in [0.05, 0.1) is 5.54 Å². The minimum absolute atomic E-state index is 0.0346. The van der Waals surface area contributed by atoms with Gasteiger partial charge < -0.3 is 10.6 Å². The first-order chi connectivity index (χ1) is 8.99. The first kappa shape index (κ1) is 14.0. The van der Waals surface area contributed by atoms with Gasteiger partial charge in [-0.2, -0.15) is 0 Å². The Balaban J connectivity index is 2.00. The van der Waals surface area contributed by atoms with Crippen LogP contribution in [0.5, 0.6) is 0 Å². The van der Waals surface area contributed by atoms with Crippen molar-refractivity contribution in [2.45, 2.75) is 44.7 Å². The smallest absolute Gasteiger partial charge is 0.222 e. The molecule has 1 saturated heterocycles. The lowest BCUT2D eigenvalue weighted by Gasteiger charge is -2.28. The largest absolute Gasteiger partial charge is 0.347 e. The van der Waals surface area contributed by atoms with E-state index in [0.29, 0.717) is 12.0 Å². The van der Waals surface area contributed by atoms with Crippen molar-refractivity contribution in [1.82, 2.24) is 10.6 Å². The maximum Gasteiger partial charge on any atom is 0.222 e. The molecule has 19 heavy (non-hydrogen) atoms. The van der Waals surface area contributed by atoms with Gasteiger partial charge in [0.15, 0.2) is 0 Å². The summed E-state index contributed by atoms with van der Waals surface area (Å²) in [7, 11) is 0. The van der Waals surface area contributed by atoms with E-state index in [2.05, 4.69) is 10.6 Å². The second-order valence-corrected chi connectivity index (χ2v) is 5.65. The second kappa shape index (κ2) is 5.70. The quantitative estimate of drug-likeness (QED) is 0.876. The molecule has 0 aliphatic carbocycles. The number of hydrogen-bond donors (Lipinski definition) is 2. The summed E-state index contributed by atoms with van der Waals surface area (Å²) in [5.74, 6) is -0.320. The van der Waals surface area contributed by atoms with E-state index in [0.717, 1.165) is 19.4 Å². The van der Waals surface area contributed by atoms with E-state index in [4.69, 9.17) is 0 Å². The van der Waals surface area contributed by atoms with Crippen LogP contribution < -0.4 is 10.6 Å². The molecular formula is C15H21FN2O. The van der Waals surface area contributed by atoms with E-state index < -0.39 is 5.54 Å². The summed E-state index contributed by atoms with van der Waals surface area (Å²) in [6.45, 7) is 4.63. The molecule has 1 aromatic carbocycles. The van der Waals surface area contributed by atoms with Crippen LogP contribution >= 0.6 is 0 Å². The Morgan fingerprint density at radius 3 is 2.84 bits per heavy atom. The molecule has 0 aromatic heterocycles. The minimum atomic E-state index is -0.693. The molecule has 1 atom stereocenters. The van der Waals surface area contributed by atoms with E-state index in [1.807, 2.05) is 13.8 Å². The van der Waals surface area contributed by atoms with E-state index in [1.165, 1.54) is 6.07 Å². The first-order valence-corrected chi connectivity index (χ1v) is 6.78. The zero-order chi connectivity index (χ0) is 13.9. The molecule has 1 aliphatic heterocycles. The SMILES string of the molecule is CC(C)(NC(=O)CC1CCCN1)c1ccccc1F. The van der Waals surface area contributed by atoms with E-state index >= 15 is 0 Å². The van der Waals surface area contributed by atoms with Crippen LogP contribution in [0.3, 0.4) is 0 Å². The maximum absolute atomic E-state index is 13.8. The fourth-order valence-electron chi connectivity index (χ4n) is 2.59. The number of halogens is 1. The van der Waals surface area contributed by atoms with Gasteiger partial charge in [0, 0.05) is 18.0 Å². The van der Waals surface area contributed by atoms with E-state index in [9.17, 15) is 9.18 Å². The van der Waals surface area contributed by atoms with Crippen molar-refractivity contribution >= 4 is 5.91 Å². The molecule has 1 aromatic rings. The highest BCUT2D eigenvalue weighted by Gasteiger charge is 2.27. The lowest BCUT2D eigenvalue weighted by molar-refractivity contribution is -0.123. The summed E-state index contributed by atoms with van der Waals surface area (Å²) in [6, 6.07) is 6.83. The predicted molar refractivity (Wildman–Crippen MR) is 73.2 cm³/mol. The van der Waals surface area contributed by atoms with Gasteiger partial charge in [0.2, 0.25) is 5.91 Å². The number of rotatable bonds is 4. The minimum Gasteiger partial charge on any atom is -0.347 e. The average Bonchev–Trinajstić information content (AvgIpc) is 2.81. The van der Waals surface area contributed by atoms with Gasteiger partial charge in [-0.05, 0) is 39.3 Å². The average molecular weight is 264 g/mol. The lowest BCUT2D eigenvalue weighted by atomic mass is 9.93. The highest BCUT2D eigenvalue weighted by Crippen LogP contribution is 2.23. The number of carbonyl (C=O) groups excluding carboxylic acids is 1. The summed E-state index contributed by atoms with van der Waals surface area (Å²) in [6.07, 6.45) is 2.61. The topological polar surface area (TPSA) is 41.1 Å². The van der Waals surface area contributed by atoms with Crippen LogP contribution in [-0.4, -0.2) is 18.5 Å². The standard InChI is InChI=1S/C15H21FN2O/c1-15(2,12-7-3-4-8-13(12)16)18-14(19)10-11-6-5-9-17-11/h3-4,7-8,11,17H,5-6,9-10H2,1-2H3,(H,18,19). The molecular weight excluding hydrogens is 243 g/mol. The summed E-state index contributed by atoms with van der Waals surface area (Å²) in [4.78, 5) is 12.0. The summed E-state index contributed by atoms with van der Waals surface area (Å²) in [5, 5.41) is 6.21. The molecule has 104 valence electrons. The highest BCUT2D eigenvalue weighted by molar-refractivity contribution is 5.77. The summed E-state index contributed by atoms with van der Waals surface area (Å²) >= 11 is 0. The van der Waals surface area contributed by atoms with Crippen molar-refractivity contribution in [3.05, 3.63) is 35.6 Å². The molecule has 1 aliphatic rings. The van der Waals surface area contributed by atoms with Crippen molar-refractivity contribution in [2.24, 2.45) is 0 Å². The Morgan fingerprint density at radius 2 is 2.21 bits per heavy atom. The Labute approximate surface area is 113 Å². The van der Waals surface area contributed by atoms with Gasteiger partial charge in [-0.3, -0.25) is 4.79 Å². The van der Waals surface area contributed by atoms with Crippen molar-refractivity contribution < 1.29 is 9.18 Å². The summed E-state index contributed by atoms with van der Waals surface area (Å²) < 4.78 is 13.8. The Kier molecular flexibility index (Phi) is 4.20. The monoisotopic (exact) mass is 264 g/mol. The number of hydrogen-bond acceptors (Lipinski definition) is 2. The molecule has 0 spiro atoms. The lowest BCUT2D eigenvalue weighted by Crippen LogP contribution is -2.43. The van der Waals surface area contributed by atoms with Gasteiger partial charge in [-0.25, -0.2) is 4.39 Å². The number of benzene rings is 1. The molecule has 1 fully saturated rings. The fraction of sp³-hybridized carbons (Fsp3) is 0.533. The molecule has 1 unspecified atom stereocenters. The van der Waals surface area contributed by atoms with Crippen LogP contribution in [-0.2, 0) is 10.3 Å². The number of amides is 1. The van der Waals surface area contributed by atoms with Crippen LogP contribution in [0.2, 0.25) is 0 Å². The van der Waals surface area contributed by atoms with Crippen molar-refractivity contribution in [1.29, 1.82) is 0 Å². The number of carbonyl (C=O) groups is 1. The molecule has 0 radical (unpaired) electrons. The molecule has 0 bridgehead atoms. The van der Waals surface area contributed by atoms with Crippen molar-refractivity contribution in [2.75, 3.05) is 6.54 Å². The van der Waals surface area contributed by atoms with E-state index in [-0.39, 0.29) is 17.8 Å². The van der Waals surface area contributed by atoms with Crippen LogP contribution in [0, 0.1) is 5.82 Å². The number of nitrogens with one attached hydrogen (secondary N) is 2. The fourth-order valence-corrected chi connectivity index (χ4v) is 2.59. The van der Waals surface area contributed by atoms with Gasteiger partial charge >= 0.3 is 0 Å². The summed E-state index contributed by atoms with van der Waals surface area (Å²) in [5.41, 5.74) is -0.177. The molecule has 1 amide bonds. The zero-order valence-corrected chi connectivity index (χ0v) is 11.5. The van der Waals surface area contributed by atoms with Gasteiger partial charge in [-0.1, -0.05) is 18.2 Å². The first-order valence-electron chi connectivity index (χ1n) is 6.78. The van der Waals surface area contributed by atoms with Crippen molar-refractivity contribution in [3.63, 3.8) is 0 Å². The predicted octanol–water partition coefficient (Wildman–Crippen LogP) is 2.32. The van der Waals surface area contributed by atoms with Crippen LogP contribution in [0.15, 0.2) is 24.3 Å². The van der Waals surface area contributed by atoms with Crippen LogP contribution in [0.25, 0.3) is 0 Å². The molecule has 3 nitrogen and oxygen atoms in total. The Morgan fingerprint density at radius 1 is 1.47 bits per heavy atom. The zero-order valence-electron chi connectivity index (χ0n) is 11.5. The second-order valence-electron chi connectivity index (χ2n) is 5.65. The normalized spacial score (nSPS) is 19.4. The Hall–Kier alpha value is -1.42. The van der Waals surface area contributed by atoms with Crippen molar-refractivity contribution in [3.8, 4) is 0 Å². The maximum atomic E-state index is 13.8. The molecule has 4 heteroatoms. The third-order valence-corrected chi connectivity index (χ3v) is 3.59. The molecule has 2 N–H and O–H groups in total. The van der Waals surface area contributed by atoms with Crippen LogP contribution in [0.4, 0.5) is 4.39 Å².